The summed E-state index contributed by atoms with van der Waals surface area (Å²) in [6.45, 7) is 4.26. The molecule has 1 aromatic carbocycles. The van der Waals surface area contributed by atoms with Crippen LogP contribution in [0.25, 0.3) is 0 Å². The standard InChI is InChI=1S/C15H20O4/c1-3-4-5-6-7-19-15(18)13-9-11(2)8-12(10-13)14(16)17/h8-10H,3-7H2,1-2H3,(H,16,17). The fraction of sp³-hybridized carbons (Fsp3) is 0.467. The number of ether oxygens (including phenoxy) is 1. The number of aromatic carboxylic acids is 1. The highest BCUT2D eigenvalue weighted by Gasteiger charge is 2.12. The van der Waals surface area contributed by atoms with E-state index in [1.165, 1.54) is 12.1 Å². The van der Waals surface area contributed by atoms with Crippen LogP contribution in [0.5, 0.6) is 0 Å². The van der Waals surface area contributed by atoms with Gasteiger partial charge in [-0.15, -0.1) is 0 Å². The second-order valence-electron chi connectivity index (χ2n) is 4.59. The molecule has 1 aromatic rings. The van der Waals surface area contributed by atoms with E-state index in [1.807, 2.05) is 0 Å². The number of rotatable bonds is 7. The minimum Gasteiger partial charge on any atom is -0.478 e. The van der Waals surface area contributed by atoms with Crippen LogP contribution in [0.1, 0.15) is 58.9 Å². The second kappa shape index (κ2) is 7.56. The first-order valence-corrected chi connectivity index (χ1v) is 6.56. The predicted octanol–water partition coefficient (Wildman–Crippen LogP) is 3.43. The maximum absolute atomic E-state index is 11.8. The van der Waals surface area contributed by atoms with Crippen LogP contribution < -0.4 is 0 Å². The molecule has 1 N–H and O–H groups in total. The highest BCUT2D eigenvalue weighted by Crippen LogP contribution is 2.11. The number of hydrogen-bond donors (Lipinski definition) is 1. The van der Waals surface area contributed by atoms with Gasteiger partial charge in [-0.25, -0.2) is 9.59 Å². The number of benzene rings is 1. The average molecular weight is 264 g/mol. The first-order valence-electron chi connectivity index (χ1n) is 6.56. The van der Waals surface area contributed by atoms with Crippen molar-refractivity contribution in [2.24, 2.45) is 0 Å². The van der Waals surface area contributed by atoms with Crippen LogP contribution in [-0.4, -0.2) is 23.7 Å². The zero-order valence-corrected chi connectivity index (χ0v) is 11.4. The van der Waals surface area contributed by atoms with Gasteiger partial charge in [-0.2, -0.15) is 0 Å². The lowest BCUT2D eigenvalue weighted by atomic mass is 10.1. The Bertz CT molecular complexity index is 451. The number of aryl methyl sites for hydroxylation is 1. The van der Waals surface area contributed by atoms with Crippen molar-refractivity contribution in [3.63, 3.8) is 0 Å². The molecule has 104 valence electrons. The maximum atomic E-state index is 11.8. The molecular formula is C15H20O4. The number of hydrogen-bond acceptors (Lipinski definition) is 3. The van der Waals surface area contributed by atoms with E-state index in [4.69, 9.17) is 9.84 Å². The van der Waals surface area contributed by atoms with Gasteiger partial charge in [-0.3, -0.25) is 0 Å². The van der Waals surface area contributed by atoms with Gasteiger partial charge in [-0.1, -0.05) is 26.2 Å². The van der Waals surface area contributed by atoms with Gasteiger partial charge in [-0.05, 0) is 37.1 Å². The molecule has 0 atom stereocenters. The molecule has 0 saturated heterocycles. The minimum atomic E-state index is -1.04. The van der Waals surface area contributed by atoms with E-state index in [0.29, 0.717) is 12.2 Å². The van der Waals surface area contributed by atoms with Gasteiger partial charge in [0.2, 0.25) is 0 Å². The summed E-state index contributed by atoms with van der Waals surface area (Å²) in [5.74, 6) is -1.50. The van der Waals surface area contributed by atoms with Gasteiger partial charge >= 0.3 is 11.9 Å². The number of carboxylic acids is 1. The highest BCUT2D eigenvalue weighted by atomic mass is 16.5. The SMILES string of the molecule is CCCCCCOC(=O)c1cc(C)cc(C(=O)O)c1. The molecule has 0 unspecified atom stereocenters. The fourth-order valence-corrected chi connectivity index (χ4v) is 1.80. The molecule has 4 heteroatoms. The Balaban J connectivity index is 2.59. The van der Waals surface area contributed by atoms with Crippen molar-refractivity contribution in [1.29, 1.82) is 0 Å². The number of carboxylic acid groups (broad SMARTS) is 1. The fourth-order valence-electron chi connectivity index (χ4n) is 1.80. The molecule has 19 heavy (non-hydrogen) atoms. The minimum absolute atomic E-state index is 0.109. The predicted molar refractivity (Wildman–Crippen MR) is 72.6 cm³/mol. The molecule has 4 nitrogen and oxygen atoms in total. The van der Waals surface area contributed by atoms with E-state index in [2.05, 4.69) is 6.92 Å². The number of unbranched alkanes of at least 4 members (excludes halogenated alkanes) is 3. The lowest BCUT2D eigenvalue weighted by molar-refractivity contribution is 0.0497. The van der Waals surface area contributed by atoms with E-state index in [-0.39, 0.29) is 5.56 Å². The third-order valence-electron chi connectivity index (χ3n) is 2.79. The Morgan fingerprint density at radius 1 is 1.11 bits per heavy atom. The molecule has 0 aliphatic carbocycles. The van der Waals surface area contributed by atoms with Gasteiger partial charge < -0.3 is 9.84 Å². The lowest BCUT2D eigenvalue weighted by Crippen LogP contribution is -2.08. The Morgan fingerprint density at radius 3 is 2.42 bits per heavy atom. The maximum Gasteiger partial charge on any atom is 0.338 e. The molecule has 0 spiro atoms. The quantitative estimate of drug-likeness (QED) is 0.605. The lowest BCUT2D eigenvalue weighted by Gasteiger charge is -2.06. The Kier molecular flexibility index (Phi) is 6.06. The first kappa shape index (κ1) is 15.2. The van der Waals surface area contributed by atoms with Crippen LogP contribution in [0, 0.1) is 6.92 Å². The van der Waals surface area contributed by atoms with Gasteiger partial charge in [0.1, 0.15) is 0 Å². The van der Waals surface area contributed by atoms with E-state index in [9.17, 15) is 9.59 Å². The highest BCUT2D eigenvalue weighted by molar-refractivity contribution is 5.94. The molecule has 0 saturated carbocycles. The smallest absolute Gasteiger partial charge is 0.338 e. The molecule has 0 aliphatic rings. The summed E-state index contributed by atoms with van der Waals surface area (Å²) >= 11 is 0. The molecule has 0 radical (unpaired) electrons. The average Bonchev–Trinajstić information content (AvgIpc) is 2.37. The molecule has 0 aromatic heterocycles. The molecular weight excluding hydrogens is 244 g/mol. The summed E-state index contributed by atoms with van der Waals surface area (Å²) in [5, 5.41) is 8.94. The second-order valence-corrected chi connectivity index (χ2v) is 4.59. The van der Waals surface area contributed by atoms with Gasteiger partial charge in [0.15, 0.2) is 0 Å². The number of carbonyl (C=O) groups excluding carboxylic acids is 1. The van der Waals surface area contributed by atoms with Crippen LogP contribution >= 0.6 is 0 Å². The molecule has 1 rings (SSSR count). The number of carbonyl (C=O) groups is 2. The van der Waals surface area contributed by atoms with E-state index < -0.39 is 11.9 Å². The topological polar surface area (TPSA) is 63.6 Å². The molecule has 0 heterocycles. The first-order chi connectivity index (χ1) is 9.04. The molecule has 0 aliphatic heterocycles. The Morgan fingerprint density at radius 2 is 1.79 bits per heavy atom. The summed E-state index contributed by atoms with van der Waals surface area (Å²) in [4.78, 5) is 22.7. The van der Waals surface area contributed by atoms with Gasteiger partial charge in [0.25, 0.3) is 0 Å². The summed E-state index contributed by atoms with van der Waals surface area (Å²) < 4.78 is 5.13. The van der Waals surface area contributed by atoms with E-state index >= 15 is 0 Å². The number of esters is 1. The zero-order valence-electron chi connectivity index (χ0n) is 11.4. The largest absolute Gasteiger partial charge is 0.478 e. The van der Waals surface area contributed by atoms with Crippen molar-refractivity contribution < 1.29 is 19.4 Å². The summed E-state index contributed by atoms with van der Waals surface area (Å²) in [6.07, 6.45) is 4.15. The van der Waals surface area contributed by atoms with Crippen molar-refractivity contribution in [3.8, 4) is 0 Å². The Labute approximate surface area is 113 Å². The third-order valence-corrected chi connectivity index (χ3v) is 2.79. The van der Waals surface area contributed by atoms with Crippen LogP contribution in [0.4, 0.5) is 0 Å². The van der Waals surface area contributed by atoms with Gasteiger partial charge in [0.05, 0.1) is 17.7 Å². The van der Waals surface area contributed by atoms with Crippen LogP contribution in [-0.2, 0) is 4.74 Å². The molecule has 0 fully saturated rings. The van der Waals surface area contributed by atoms with Crippen molar-refractivity contribution >= 4 is 11.9 Å². The summed E-state index contributed by atoms with van der Waals surface area (Å²) in [5.41, 5.74) is 1.14. The van der Waals surface area contributed by atoms with Crippen molar-refractivity contribution in [1.82, 2.24) is 0 Å². The van der Waals surface area contributed by atoms with Crippen molar-refractivity contribution in [2.75, 3.05) is 6.61 Å². The van der Waals surface area contributed by atoms with Crippen molar-refractivity contribution in [2.45, 2.75) is 39.5 Å². The summed E-state index contributed by atoms with van der Waals surface area (Å²) in [7, 11) is 0. The third kappa shape index (κ3) is 5.12. The Hall–Kier alpha value is -1.84. The van der Waals surface area contributed by atoms with Crippen LogP contribution in [0.15, 0.2) is 18.2 Å². The summed E-state index contributed by atoms with van der Waals surface area (Å²) in [6, 6.07) is 4.52. The molecule has 0 amide bonds. The monoisotopic (exact) mass is 264 g/mol. The van der Waals surface area contributed by atoms with Crippen molar-refractivity contribution in [3.05, 3.63) is 34.9 Å². The van der Waals surface area contributed by atoms with Crippen LogP contribution in [0.3, 0.4) is 0 Å². The van der Waals surface area contributed by atoms with Crippen LogP contribution in [0.2, 0.25) is 0 Å². The normalized spacial score (nSPS) is 10.2. The molecule has 0 bridgehead atoms. The van der Waals surface area contributed by atoms with E-state index in [1.54, 1.807) is 13.0 Å². The van der Waals surface area contributed by atoms with Gasteiger partial charge in [0, 0.05) is 0 Å². The van der Waals surface area contributed by atoms with E-state index in [0.717, 1.165) is 31.2 Å². The zero-order chi connectivity index (χ0) is 14.3.